The number of hydrogen-bond donors (Lipinski definition) is 1. The Morgan fingerprint density at radius 3 is 2.40 bits per heavy atom. The van der Waals surface area contributed by atoms with Crippen molar-refractivity contribution < 1.29 is 8.42 Å². The van der Waals surface area contributed by atoms with Crippen LogP contribution >= 0.6 is 11.6 Å². The third-order valence-electron chi connectivity index (χ3n) is 4.71. The van der Waals surface area contributed by atoms with Crippen LogP contribution < -0.4 is 4.72 Å². The maximum absolute atomic E-state index is 11.6. The van der Waals surface area contributed by atoms with Gasteiger partial charge in [-0.25, -0.2) is 8.42 Å². The van der Waals surface area contributed by atoms with Crippen LogP contribution in [0.2, 0.25) is 5.02 Å². The minimum atomic E-state index is -3.33. The van der Waals surface area contributed by atoms with Gasteiger partial charge >= 0.3 is 0 Å². The number of halogens is 1. The molecule has 132 valence electrons. The Kier molecular flexibility index (Phi) is 4.56. The molecule has 0 aliphatic rings. The topological polar surface area (TPSA) is 51.1 Å². The maximum atomic E-state index is 11.6. The van der Waals surface area contributed by atoms with Gasteiger partial charge in [0.2, 0.25) is 10.0 Å². The summed E-state index contributed by atoms with van der Waals surface area (Å²) in [5.41, 5.74) is 2.45. The number of aromatic nitrogens is 1. The van der Waals surface area contributed by atoms with E-state index in [0.29, 0.717) is 10.7 Å². The van der Waals surface area contributed by atoms with Crippen LogP contribution in [0.4, 0.5) is 5.69 Å². The smallest absolute Gasteiger partial charge is 0.229 e. The minimum absolute atomic E-state index is 0.268. The van der Waals surface area contributed by atoms with E-state index in [-0.39, 0.29) is 5.54 Å². The van der Waals surface area contributed by atoms with Crippen LogP contribution in [-0.2, 0) is 15.6 Å². The molecule has 0 fully saturated rings. The maximum Gasteiger partial charge on any atom is 0.229 e. The average Bonchev–Trinajstić information content (AvgIpc) is 2.99. The predicted octanol–water partition coefficient (Wildman–Crippen LogP) is 4.84. The Labute approximate surface area is 153 Å². The number of benzene rings is 2. The van der Waals surface area contributed by atoms with Gasteiger partial charge in [-0.3, -0.25) is 4.72 Å². The molecule has 1 aromatic heterocycles. The fraction of sp³-hybridized carbons (Fsp3) is 0.263. The van der Waals surface area contributed by atoms with Crippen LogP contribution in [0, 0.1) is 0 Å². The highest BCUT2D eigenvalue weighted by Gasteiger charge is 2.28. The van der Waals surface area contributed by atoms with Crippen molar-refractivity contribution in [2.24, 2.45) is 0 Å². The van der Waals surface area contributed by atoms with E-state index in [0.717, 1.165) is 29.1 Å². The second-order valence-electron chi connectivity index (χ2n) is 6.43. The van der Waals surface area contributed by atoms with Crippen molar-refractivity contribution in [1.29, 1.82) is 0 Å². The standard InChI is InChI=1S/C19H21ClN2O2S/c1-4-19(2,14-8-10-15(20)11-9-14)22-13-12-16-17(21-25(3,23)24)6-5-7-18(16)22/h5-13,21H,4H2,1-3H3/t19-/m1/s1. The molecule has 0 radical (unpaired) electrons. The van der Waals surface area contributed by atoms with Crippen molar-refractivity contribution in [2.45, 2.75) is 25.8 Å². The molecule has 0 saturated heterocycles. The molecule has 6 heteroatoms. The van der Waals surface area contributed by atoms with Gasteiger partial charge in [0.25, 0.3) is 0 Å². The number of anilines is 1. The van der Waals surface area contributed by atoms with Gasteiger partial charge in [-0.1, -0.05) is 36.7 Å². The molecule has 0 saturated carbocycles. The zero-order valence-electron chi connectivity index (χ0n) is 14.5. The molecule has 3 aromatic rings. The number of fused-ring (bicyclic) bond motifs is 1. The van der Waals surface area contributed by atoms with Gasteiger partial charge in [0, 0.05) is 16.6 Å². The molecular weight excluding hydrogens is 356 g/mol. The molecule has 1 N–H and O–H groups in total. The average molecular weight is 377 g/mol. The monoisotopic (exact) mass is 376 g/mol. The first-order valence-electron chi connectivity index (χ1n) is 8.09. The van der Waals surface area contributed by atoms with Crippen LogP contribution in [0.5, 0.6) is 0 Å². The number of nitrogens with one attached hydrogen (secondary N) is 1. The lowest BCUT2D eigenvalue weighted by Gasteiger charge is -2.32. The van der Waals surface area contributed by atoms with E-state index in [2.05, 4.69) is 23.1 Å². The summed E-state index contributed by atoms with van der Waals surface area (Å²) in [6.07, 6.45) is 4.05. The van der Waals surface area contributed by atoms with Gasteiger partial charge in [-0.2, -0.15) is 0 Å². The Balaban J connectivity index is 2.17. The van der Waals surface area contributed by atoms with Gasteiger partial charge in [0.05, 0.1) is 23.0 Å². The molecule has 25 heavy (non-hydrogen) atoms. The van der Waals surface area contributed by atoms with E-state index in [4.69, 9.17) is 11.6 Å². The van der Waals surface area contributed by atoms with E-state index < -0.39 is 10.0 Å². The Bertz CT molecular complexity index is 1010. The lowest BCUT2D eigenvalue weighted by atomic mass is 9.89. The minimum Gasteiger partial charge on any atom is -0.337 e. The van der Waals surface area contributed by atoms with Gasteiger partial charge in [0.15, 0.2) is 0 Å². The molecule has 2 aromatic carbocycles. The summed E-state index contributed by atoms with van der Waals surface area (Å²) in [5, 5.41) is 1.58. The molecule has 3 rings (SSSR count). The quantitative estimate of drug-likeness (QED) is 0.692. The third kappa shape index (κ3) is 3.39. The molecule has 0 amide bonds. The highest BCUT2D eigenvalue weighted by atomic mass is 35.5. The zero-order valence-corrected chi connectivity index (χ0v) is 16.0. The Morgan fingerprint density at radius 2 is 1.80 bits per heavy atom. The van der Waals surface area contributed by atoms with Gasteiger partial charge in [0.1, 0.15) is 0 Å². The fourth-order valence-electron chi connectivity index (χ4n) is 3.21. The van der Waals surface area contributed by atoms with Crippen molar-refractivity contribution in [3.05, 3.63) is 65.3 Å². The van der Waals surface area contributed by atoms with E-state index in [1.165, 1.54) is 0 Å². The predicted molar refractivity (Wildman–Crippen MR) is 105 cm³/mol. The van der Waals surface area contributed by atoms with E-state index in [9.17, 15) is 8.42 Å². The summed E-state index contributed by atoms with van der Waals surface area (Å²) in [6.45, 7) is 4.31. The Hall–Kier alpha value is -1.98. The molecular formula is C19H21ClN2O2S. The van der Waals surface area contributed by atoms with Crippen LogP contribution in [0.25, 0.3) is 10.9 Å². The number of sulfonamides is 1. The third-order valence-corrected chi connectivity index (χ3v) is 5.56. The molecule has 4 nitrogen and oxygen atoms in total. The molecule has 0 aliphatic carbocycles. The summed E-state index contributed by atoms with van der Waals surface area (Å²) in [6, 6.07) is 15.5. The largest absolute Gasteiger partial charge is 0.337 e. The van der Waals surface area contributed by atoms with Crippen molar-refractivity contribution in [3.63, 3.8) is 0 Å². The molecule has 0 bridgehead atoms. The summed E-state index contributed by atoms with van der Waals surface area (Å²) in [7, 11) is -3.33. The SMILES string of the molecule is CC[C@](C)(c1ccc(Cl)cc1)n1ccc2c(NS(C)(=O)=O)cccc21. The normalized spacial score (nSPS) is 14.4. The van der Waals surface area contributed by atoms with Crippen LogP contribution in [0.1, 0.15) is 25.8 Å². The van der Waals surface area contributed by atoms with Crippen molar-refractivity contribution >= 4 is 38.2 Å². The van der Waals surface area contributed by atoms with Crippen molar-refractivity contribution in [2.75, 3.05) is 11.0 Å². The highest BCUT2D eigenvalue weighted by molar-refractivity contribution is 7.92. The van der Waals surface area contributed by atoms with Gasteiger partial charge in [-0.15, -0.1) is 0 Å². The molecule has 0 aliphatic heterocycles. The summed E-state index contributed by atoms with van der Waals surface area (Å²) < 4.78 is 28.0. The first-order valence-corrected chi connectivity index (χ1v) is 10.4. The summed E-state index contributed by atoms with van der Waals surface area (Å²) in [4.78, 5) is 0. The van der Waals surface area contributed by atoms with Crippen molar-refractivity contribution in [1.82, 2.24) is 4.57 Å². The van der Waals surface area contributed by atoms with Crippen LogP contribution in [0.15, 0.2) is 54.7 Å². The summed E-state index contributed by atoms with van der Waals surface area (Å²) in [5.74, 6) is 0. The highest BCUT2D eigenvalue weighted by Crippen LogP contribution is 2.36. The molecule has 1 heterocycles. The van der Waals surface area contributed by atoms with E-state index in [1.54, 1.807) is 6.07 Å². The lowest BCUT2D eigenvalue weighted by molar-refractivity contribution is 0.391. The number of hydrogen-bond acceptors (Lipinski definition) is 2. The fourth-order valence-corrected chi connectivity index (χ4v) is 3.91. The number of rotatable bonds is 5. The lowest BCUT2D eigenvalue weighted by Crippen LogP contribution is -2.30. The first kappa shape index (κ1) is 17.8. The number of nitrogens with zero attached hydrogens (tertiary/aromatic N) is 1. The van der Waals surface area contributed by atoms with Gasteiger partial charge < -0.3 is 4.57 Å². The molecule has 0 unspecified atom stereocenters. The van der Waals surface area contributed by atoms with Crippen LogP contribution in [-0.4, -0.2) is 19.2 Å². The van der Waals surface area contributed by atoms with Crippen LogP contribution in [0.3, 0.4) is 0 Å². The van der Waals surface area contributed by atoms with Gasteiger partial charge in [-0.05, 0) is 49.2 Å². The Morgan fingerprint density at radius 1 is 1.12 bits per heavy atom. The summed E-state index contributed by atoms with van der Waals surface area (Å²) >= 11 is 6.04. The molecule has 0 spiro atoms. The van der Waals surface area contributed by atoms with E-state index >= 15 is 0 Å². The molecule has 1 atom stereocenters. The van der Waals surface area contributed by atoms with E-state index in [1.807, 2.05) is 48.7 Å². The van der Waals surface area contributed by atoms with Crippen molar-refractivity contribution in [3.8, 4) is 0 Å². The second-order valence-corrected chi connectivity index (χ2v) is 8.62. The first-order chi connectivity index (χ1) is 11.7. The second kappa shape index (κ2) is 6.39. The zero-order chi connectivity index (χ0) is 18.2.